The fourth-order valence-corrected chi connectivity index (χ4v) is 4.98. The van der Waals surface area contributed by atoms with Crippen LogP contribution in [0.15, 0.2) is 36.5 Å². The van der Waals surface area contributed by atoms with Gasteiger partial charge in [0.25, 0.3) is 0 Å². The minimum Gasteiger partial charge on any atom is -0.335 e. The average Bonchev–Trinajstić information content (AvgIpc) is 3.24. The van der Waals surface area contributed by atoms with Crippen LogP contribution in [0, 0.1) is 0 Å². The number of hydrogen-bond donors (Lipinski definition) is 0. The van der Waals surface area contributed by atoms with Gasteiger partial charge in [0.15, 0.2) is 0 Å². The molecule has 0 atom stereocenters. The van der Waals surface area contributed by atoms with Crippen LogP contribution in [-0.2, 0) is 25.8 Å². The van der Waals surface area contributed by atoms with E-state index in [2.05, 4.69) is 54.9 Å². The topological polar surface area (TPSA) is 17.8 Å². The summed E-state index contributed by atoms with van der Waals surface area (Å²) in [5.74, 6) is 1.35. The Morgan fingerprint density at radius 3 is 1.74 bits per heavy atom. The lowest BCUT2D eigenvalue weighted by Gasteiger charge is -2.08. The Morgan fingerprint density at radius 1 is 0.559 bits per heavy atom. The molecule has 2 nitrogen and oxygen atoms in total. The summed E-state index contributed by atoms with van der Waals surface area (Å²) in [7, 11) is 0. The summed E-state index contributed by atoms with van der Waals surface area (Å²) in [4.78, 5) is 5.11. The number of aryl methyl sites for hydroxylation is 4. The zero-order chi connectivity index (χ0) is 24.1. The number of rotatable bonds is 22. The third-order valence-corrected chi connectivity index (χ3v) is 7.16. The molecule has 0 aliphatic carbocycles. The van der Waals surface area contributed by atoms with Gasteiger partial charge in [0, 0.05) is 19.2 Å². The van der Waals surface area contributed by atoms with Crippen molar-refractivity contribution >= 4 is 0 Å². The van der Waals surface area contributed by atoms with Crippen LogP contribution in [0.1, 0.15) is 140 Å². The first-order chi connectivity index (χ1) is 16.8. The molecule has 1 aromatic carbocycles. The van der Waals surface area contributed by atoms with E-state index in [0.29, 0.717) is 0 Å². The molecule has 0 N–H and O–H groups in total. The highest BCUT2D eigenvalue weighted by molar-refractivity contribution is 5.15. The minimum absolute atomic E-state index is 1.10. The summed E-state index contributed by atoms with van der Waals surface area (Å²) in [6, 6.07) is 10.9. The Morgan fingerprint density at radius 2 is 1.12 bits per heavy atom. The van der Waals surface area contributed by atoms with Gasteiger partial charge in [-0.05, 0) is 37.7 Å². The lowest BCUT2D eigenvalue weighted by molar-refractivity contribution is 0.529. The molecule has 2 heteroatoms. The predicted molar refractivity (Wildman–Crippen MR) is 150 cm³/mol. The normalized spacial score (nSPS) is 11.4. The van der Waals surface area contributed by atoms with Crippen LogP contribution in [0.3, 0.4) is 0 Å². The second kappa shape index (κ2) is 19.7. The van der Waals surface area contributed by atoms with E-state index in [1.807, 2.05) is 0 Å². The Bertz CT molecular complexity index is 703. The van der Waals surface area contributed by atoms with Gasteiger partial charge in [0.2, 0.25) is 0 Å². The maximum atomic E-state index is 5.11. The molecular formula is C32H54N2. The van der Waals surface area contributed by atoms with Crippen molar-refractivity contribution < 1.29 is 0 Å². The quantitative estimate of drug-likeness (QED) is 0.158. The SMILES string of the molecule is CCCCCCCCCCCc1nc(CCCc2ccccc2)cn1CCCCCCCCC. The zero-order valence-corrected chi connectivity index (χ0v) is 22.7. The van der Waals surface area contributed by atoms with E-state index in [4.69, 9.17) is 4.98 Å². The molecule has 34 heavy (non-hydrogen) atoms. The van der Waals surface area contributed by atoms with Crippen molar-refractivity contribution in [3.8, 4) is 0 Å². The van der Waals surface area contributed by atoms with Gasteiger partial charge in [-0.15, -0.1) is 0 Å². The predicted octanol–water partition coefficient (Wildman–Crippen LogP) is 9.88. The van der Waals surface area contributed by atoms with Crippen molar-refractivity contribution in [1.82, 2.24) is 9.55 Å². The van der Waals surface area contributed by atoms with Gasteiger partial charge in [-0.25, -0.2) is 4.98 Å². The van der Waals surface area contributed by atoms with E-state index in [9.17, 15) is 0 Å². The van der Waals surface area contributed by atoms with Crippen molar-refractivity contribution in [3.63, 3.8) is 0 Å². The molecule has 0 saturated carbocycles. The van der Waals surface area contributed by atoms with Gasteiger partial charge < -0.3 is 4.57 Å². The molecule has 0 radical (unpaired) electrons. The second-order valence-electron chi connectivity index (χ2n) is 10.4. The van der Waals surface area contributed by atoms with Crippen LogP contribution in [-0.4, -0.2) is 9.55 Å². The molecule has 0 spiro atoms. The molecule has 2 aromatic rings. The van der Waals surface area contributed by atoms with E-state index in [1.165, 1.54) is 126 Å². The summed E-state index contributed by atoms with van der Waals surface area (Å²) < 4.78 is 2.51. The van der Waals surface area contributed by atoms with Crippen molar-refractivity contribution in [3.05, 3.63) is 53.6 Å². The molecule has 192 valence electrons. The van der Waals surface area contributed by atoms with Crippen molar-refractivity contribution in [1.29, 1.82) is 0 Å². The number of imidazole rings is 1. The van der Waals surface area contributed by atoms with Crippen LogP contribution in [0.2, 0.25) is 0 Å². The van der Waals surface area contributed by atoms with Gasteiger partial charge >= 0.3 is 0 Å². The van der Waals surface area contributed by atoms with Crippen LogP contribution in [0.25, 0.3) is 0 Å². The third-order valence-electron chi connectivity index (χ3n) is 7.16. The van der Waals surface area contributed by atoms with Crippen molar-refractivity contribution in [2.45, 2.75) is 149 Å². The summed E-state index contributed by atoms with van der Waals surface area (Å²) in [5, 5.41) is 0. The fourth-order valence-electron chi connectivity index (χ4n) is 4.98. The van der Waals surface area contributed by atoms with E-state index < -0.39 is 0 Å². The first-order valence-corrected chi connectivity index (χ1v) is 14.9. The van der Waals surface area contributed by atoms with E-state index >= 15 is 0 Å². The lowest BCUT2D eigenvalue weighted by atomic mass is 10.1. The molecule has 0 amide bonds. The summed E-state index contributed by atoms with van der Waals surface area (Å²) in [6.07, 6.45) is 29.1. The van der Waals surface area contributed by atoms with Gasteiger partial charge in [0.05, 0.1) is 5.69 Å². The monoisotopic (exact) mass is 466 g/mol. The molecule has 0 fully saturated rings. The molecule has 0 aliphatic heterocycles. The van der Waals surface area contributed by atoms with Crippen LogP contribution in [0.4, 0.5) is 0 Å². The Labute approximate surface area is 212 Å². The number of aromatic nitrogens is 2. The first-order valence-electron chi connectivity index (χ1n) is 14.9. The van der Waals surface area contributed by atoms with Crippen LogP contribution >= 0.6 is 0 Å². The zero-order valence-electron chi connectivity index (χ0n) is 22.7. The summed E-state index contributed by atoms with van der Waals surface area (Å²) in [6.45, 7) is 5.75. The van der Waals surface area contributed by atoms with Crippen molar-refractivity contribution in [2.75, 3.05) is 0 Å². The summed E-state index contributed by atoms with van der Waals surface area (Å²) in [5.41, 5.74) is 2.75. The highest BCUT2D eigenvalue weighted by Crippen LogP contribution is 2.16. The van der Waals surface area contributed by atoms with Gasteiger partial charge in [-0.2, -0.15) is 0 Å². The van der Waals surface area contributed by atoms with Gasteiger partial charge in [-0.3, -0.25) is 0 Å². The third kappa shape index (κ3) is 13.4. The van der Waals surface area contributed by atoms with E-state index in [1.54, 1.807) is 0 Å². The Balaban J connectivity index is 1.73. The fraction of sp³-hybridized carbons (Fsp3) is 0.719. The standard InChI is InChI=1S/C32H54N2/c1-3-5-7-9-11-12-13-15-20-27-32-33-31(26-22-25-30-23-18-17-19-24-30)29-34(32)28-21-16-14-10-8-6-4-2/h17-19,23-24,29H,3-16,20-22,25-28H2,1-2H3. The maximum absolute atomic E-state index is 5.11. The highest BCUT2D eigenvalue weighted by atomic mass is 15.1. The first kappa shape index (κ1) is 28.7. The average molecular weight is 467 g/mol. The number of benzene rings is 1. The minimum atomic E-state index is 1.10. The molecule has 1 aromatic heterocycles. The maximum Gasteiger partial charge on any atom is 0.108 e. The molecule has 0 unspecified atom stereocenters. The number of nitrogens with zero attached hydrogens (tertiary/aromatic N) is 2. The molecular weight excluding hydrogens is 412 g/mol. The molecule has 0 aliphatic rings. The van der Waals surface area contributed by atoms with E-state index in [-0.39, 0.29) is 0 Å². The Kier molecular flexibility index (Phi) is 16.6. The van der Waals surface area contributed by atoms with Crippen LogP contribution < -0.4 is 0 Å². The largest absolute Gasteiger partial charge is 0.335 e. The Hall–Kier alpha value is -1.57. The smallest absolute Gasteiger partial charge is 0.108 e. The lowest BCUT2D eigenvalue weighted by Crippen LogP contribution is -2.03. The molecule has 0 saturated heterocycles. The molecule has 2 rings (SSSR count). The summed E-state index contributed by atoms with van der Waals surface area (Å²) >= 11 is 0. The van der Waals surface area contributed by atoms with Crippen LogP contribution in [0.5, 0.6) is 0 Å². The van der Waals surface area contributed by atoms with E-state index in [0.717, 1.165) is 25.8 Å². The highest BCUT2D eigenvalue weighted by Gasteiger charge is 2.08. The van der Waals surface area contributed by atoms with Gasteiger partial charge in [-0.1, -0.05) is 134 Å². The van der Waals surface area contributed by atoms with Gasteiger partial charge in [0.1, 0.15) is 5.82 Å². The molecule has 1 heterocycles. The number of hydrogen-bond acceptors (Lipinski definition) is 1. The van der Waals surface area contributed by atoms with Crippen molar-refractivity contribution in [2.24, 2.45) is 0 Å². The molecule has 0 bridgehead atoms. The second-order valence-corrected chi connectivity index (χ2v) is 10.4. The number of unbranched alkanes of at least 4 members (excludes halogenated alkanes) is 14.